The van der Waals surface area contributed by atoms with Gasteiger partial charge in [0.1, 0.15) is 3.82 Å². The van der Waals surface area contributed by atoms with Crippen molar-refractivity contribution >= 4 is 38.6 Å². The fourth-order valence-electron chi connectivity index (χ4n) is 0.902. The summed E-state index contributed by atoms with van der Waals surface area (Å²) in [5.74, 6) is 0. The van der Waals surface area contributed by atoms with E-state index in [1.807, 2.05) is 0 Å². The molecule has 0 fully saturated rings. The van der Waals surface area contributed by atoms with Crippen LogP contribution < -0.4 is 0 Å². The lowest BCUT2D eigenvalue weighted by molar-refractivity contribution is 0.319. The van der Waals surface area contributed by atoms with Crippen molar-refractivity contribution in [2.45, 2.75) is 20.3 Å². The third-order valence-corrected chi connectivity index (χ3v) is 4.81. The molecule has 0 spiro atoms. The van der Waals surface area contributed by atoms with Gasteiger partial charge in [0.05, 0.1) is 10.6 Å². The summed E-state index contributed by atoms with van der Waals surface area (Å²) in [6.07, 6.45) is 0.904. The molecule has 0 aliphatic heterocycles. The van der Waals surface area contributed by atoms with Gasteiger partial charge in [0.25, 0.3) is 0 Å². The van der Waals surface area contributed by atoms with Crippen molar-refractivity contribution < 1.29 is 5.21 Å². The van der Waals surface area contributed by atoms with Gasteiger partial charge in [0.15, 0.2) is 0 Å². The van der Waals surface area contributed by atoms with Crippen LogP contribution in [0.2, 0.25) is 0 Å². The third-order valence-electron chi connectivity index (χ3n) is 1.55. The average Bonchev–Trinajstić information content (AvgIpc) is 2.45. The maximum absolute atomic E-state index is 8.58. The molecule has 0 amide bonds. The highest BCUT2D eigenvalue weighted by atomic mass is 32.9. The standard InChI is InChI=1S/C7H9NOS3/c1-3-5-6(4(2)8-9)11-12-7(5)10/h9H,3H2,1-2H3/b8-4+. The molecule has 1 aromatic heterocycles. The van der Waals surface area contributed by atoms with Crippen molar-refractivity contribution in [3.05, 3.63) is 14.3 Å². The molecule has 0 atom stereocenters. The van der Waals surface area contributed by atoms with Crippen LogP contribution in [-0.2, 0) is 6.42 Å². The molecule has 1 rings (SSSR count). The molecule has 0 bridgehead atoms. The average molecular weight is 219 g/mol. The van der Waals surface area contributed by atoms with Gasteiger partial charge in [-0.1, -0.05) is 45.0 Å². The van der Waals surface area contributed by atoms with Gasteiger partial charge in [0, 0.05) is 5.56 Å². The number of hydrogen-bond donors (Lipinski definition) is 1. The van der Waals surface area contributed by atoms with Gasteiger partial charge in [-0.15, -0.1) is 0 Å². The summed E-state index contributed by atoms with van der Waals surface area (Å²) in [7, 11) is 3.14. The van der Waals surface area contributed by atoms with Gasteiger partial charge >= 0.3 is 0 Å². The first-order valence-corrected chi connectivity index (χ1v) is 6.07. The molecule has 5 heteroatoms. The van der Waals surface area contributed by atoms with Crippen LogP contribution in [0.3, 0.4) is 0 Å². The lowest BCUT2D eigenvalue weighted by Gasteiger charge is -1.95. The fraction of sp³-hybridized carbons (Fsp3) is 0.429. The molecule has 66 valence electrons. The van der Waals surface area contributed by atoms with Crippen molar-refractivity contribution in [2.24, 2.45) is 5.16 Å². The lowest BCUT2D eigenvalue weighted by Crippen LogP contribution is -1.94. The van der Waals surface area contributed by atoms with Gasteiger partial charge in [-0.25, -0.2) is 0 Å². The first kappa shape index (κ1) is 9.83. The minimum absolute atomic E-state index is 0.657. The summed E-state index contributed by atoms with van der Waals surface area (Å²) in [6.45, 7) is 3.84. The summed E-state index contributed by atoms with van der Waals surface area (Å²) in [4.78, 5) is 1.02. The number of nitrogens with zero attached hydrogens (tertiary/aromatic N) is 1. The van der Waals surface area contributed by atoms with Gasteiger partial charge < -0.3 is 5.21 Å². The highest BCUT2D eigenvalue weighted by Crippen LogP contribution is 2.25. The molecule has 0 saturated carbocycles. The van der Waals surface area contributed by atoms with Crippen LogP contribution >= 0.6 is 32.9 Å². The first-order chi connectivity index (χ1) is 5.70. The molecule has 0 saturated heterocycles. The fourth-order valence-corrected chi connectivity index (χ4v) is 4.04. The van der Waals surface area contributed by atoms with E-state index >= 15 is 0 Å². The van der Waals surface area contributed by atoms with Crippen molar-refractivity contribution in [1.82, 2.24) is 0 Å². The molecular formula is C7H9NOS3. The van der Waals surface area contributed by atoms with Crippen molar-refractivity contribution in [1.29, 1.82) is 0 Å². The Balaban J connectivity index is 3.25. The second kappa shape index (κ2) is 4.11. The van der Waals surface area contributed by atoms with E-state index in [4.69, 9.17) is 17.4 Å². The van der Waals surface area contributed by atoms with Gasteiger partial charge in [-0.05, 0) is 13.3 Å². The predicted molar refractivity (Wildman–Crippen MR) is 56.4 cm³/mol. The monoisotopic (exact) mass is 219 g/mol. The Bertz CT molecular complexity index is 350. The van der Waals surface area contributed by atoms with E-state index in [1.54, 1.807) is 27.6 Å². The zero-order valence-electron chi connectivity index (χ0n) is 6.83. The topological polar surface area (TPSA) is 32.6 Å². The van der Waals surface area contributed by atoms with E-state index in [1.165, 1.54) is 0 Å². The summed E-state index contributed by atoms with van der Waals surface area (Å²) >= 11 is 5.13. The Morgan fingerprint density at radius 2 is 2.25 bits per heavy atom. The zero-order chi connectivity index (χ0) is 9.14. The van der Waals surface area contributed by atoms with Crippen LogP contribution in [0.5, 0.6) is 0 Å². The molecule has 1 aromatic rings. The van der Waals surface area contributed by atoms with E-state index in [0.29, 0.717) is 5.71 Å². The quantitative estimate of drug-likeness (QED) is 0.272. The van der Waals surface area contributed by atoms with E-state index < -0.39 is 0 Å². The zero-order valence-corrected chi connectivity index (χ0v) is 9.28. The number of rotatable bonds is 2. The molecular weight excluding hydrogens is 210 g/mol. The largest absolute Gasteiger partial charge is 0.411 e. The van der Waals surface area contributed by atoms with Crippen molar-refractivity contribution in [3.8, 4) is 0 Å². The number of oxime groups is 1. The summed E-state index contributed by atoms with van der Waals surface area (Å²) < 4.78 is 0.917. The first-order valence-electron chi connectivity index (χ1n) is 3.51. The Morgan fingerprint density at radius 3 is 2.75 bits per heavy atom. The van der Waals surface area contributed by atoms with Crippen LogP contribution in [0.15, 0.2) is 5.16 Å². The molecule has 0 aliphatic rings. The molecule has 1 heterocycles. The highest BCUT2D eigenvalue weighted by molar-refractivity contribution is 7.79. The Morgan fingerprint density at radius 1 is 1.58 bits per heavy atom. The van der Waals surface area contributed by atoms with Crippen molar-refractivity contribution in [3.63, 3.8) is 0 Å². The minimum atomic E-state index is 0.657. The van der Waals surface area contributed by atoms with E-state index in [0.717, 1.165) is 20.7 Å². The minimum Gasteiger partial charge on any atom is -0.411 e. The number of hydrogen-bond acceptors (Lipinski definition) is 5. The van der Waals surface area contributed by atoms with Crippen LogP contribution in [0.1, 0.15) is 24.3 Å². The molecule has 0 unspecified atom stereocenters. The molecule has 0 aliphatic carbocycles. The molecule has 1 N–H and O–H groups in total. The van der Waals surface area contributed by atoms with Gasteiger partial charge in [0.2, 0.25) is 0 Å². The second-order valence-corrected chi connectivity index (χ2v) is 5.12. The second-order valence-electron chi connectivity index (χ2n) is 2.30. The summed E-state index contributed by atoms with van der Waals surface area (Å²) in [6, 6.07) is 0. The predicted octanol–water partition coefficient (Wildman–Crippen LogP) is 3.30. The molecule has 2 nitrogen and oxygen atoms in total. The Labute approximate surface area is 83.6 Å². The maximum atomic E-state index is 8.58. The lowest BCUT2D eigenvalue weighted by atomic mass is 10.2. The van der Waals surface area contributed by atoms with E-state index in [2.05, 4.69) is 12.1 Å². The van der Waals surface area contributed by atoms with Crippen LogP contribution in [0.25, 0.3) is 0 Å². The smallest absolute Gasteiger partial charge is 0.105 e. The maximum Gasteiger partial charge on any atom is 0.105 e. The summed E-state index contributed by atoms with van der Waals surface area (Å²) in [5, 5.41) is 11.8. The van der Waals surface area contributed by atoms with E-state index in [9.17, 15) is 0 Å². The normalized spacial score (nSPS) is 12.0. The Kier molecular flexibility index (Phi) is 3.37. The van der Waals surface area contributed by atoms with E-state index in [-0.39, 0.29) is 0 Å². The molecule has 0 aromatic carbocycles. The van der Waals surface area contributed by atoms with Gasteiger partial charge in [-0.3, -0.25) is 0 Å². The third kappa shape index (κ3) is 1.73. The molecule has 12 heavy (non-hydrogen) atoms. The highest BCUT2D eigenvalue weighted by Gasteiger charge is 2.09. The van der Waals surface area contributed by atoms with Crippen LogP contribution in [0.4, 0.5) is 0 Å². The van der Waals surface area contributed by atoms with Crippen LogP contribution in [-0.4, -0.2) is 10.9 Å². The SMILES string of the molecule is CCc1c(/C(C)=N/O)ssc1=S. The van der Waals surface area contributed by atoms with Gasteiger partial charge in [-0.2, -0.15) is 0 Å². The van der Waals surface area contributed by atoms with Crippen molar-refractivity contribution in [2.75, 3.05) is 0 Å². The molecule has 0 radical (unpaired) electrons. The van der Waals surface area contributed by atoms with Crippen LogP contribution in [0, 0.1) is 3.82 Å². The Hall–Kier alpha value is -0.260. The summed E-state index contributed by atoms with van der Waals surface area (Å²) in [5.41, 5.74) is 1.79.